The number of halogens is 1. The van der Waals surface area contributed by atoms with Crippen molar-refractivity contribution in [3.8, 4) is 0 Å². The lowest BCUT2D eigenvalue weighted by molar-refractivity contribution is 0.0635. The van der Waals surface area contributed by atoms with Crippen molar-refractivity contribution in [1.82, 2.24) is 0 Å². The SMILES string of the molecule is CC(C)(C)OC(=O)Nc1cc(C(C)(C)CO)ccc1F. The largest absolute Gasteiger partial charge is 0.444 e. The Kier molecular flexibility index (Phi) is 4.76. The normalized spacial score (nSPS) is 12.2. The van der Waals surface area contributed by atoms with Crippen molar-refractivity contribution in [3.05, 3.63) is 29.6 Å². The molecule has 0 fully saturated rings. The molecule has 2 N–H and O–H groups in total. The molecule has 0 unspecified atom stereocenters. The fourth-order valence-electron chi connectivity index (χ4n) is 1.55. The van der Waals surface area contributed by atoms with Crippen molar-refractivity contribution in [2.75, 3.05) is 11.9 Å². The second-order valence-electron chi connectivity index (χ2n) is 6.36. The van der Waals surface area contributed by atoms with E-state index >= 15 is 0 Å². The highest BCUT2D eigenvalue weighted by Crippen LogP contribution is 2.27. The number of amides is 1. The van der Waals surface area contributed by atoms with Gasteiger partial charge in [0, 0.05) is 5.41 Å². The number of hydrogen-bond acceptors (Lipinski definition) is 3. The van der Waals surface area contributed by atoms with Crippen LogP contribution in [0.5, 0.6) is 0 Å². The zero-order chi connectivity index (χ0) is 15.6. The molecule has 0 aromatic heterocycles. The van der Waals surface area contributed by atoms with Gasteiger partial charge in [-0.2, -0.15) is 0 Å². The summed E-state index contributed by atoms with van der Waals surface area (Å²) in [5.74, 6) is -0.548. The Morgan fingerprint density at radius 2 is 1.90 bits per heavy atom. The summed E-state index contributed by atoms with van der Waals surface area (Å²) in [7, 11) is 0. The molecule has 4 nitrogen and oxygen atoms in total. The number of benzene rings is 1. The quantitative estimate of drug-likeness (QED) is 0.893. The minimum atomic E-state index is -0.713. The van der Waals surface area contributed by atoms with Gasteiger partial charge < -0.3 is 9.84 Å². The van der Waals surface area contributed by atoms with Crippen LogP contribution in [0.2, 0.25) is 0 Å². The lowest BCUT2D eigenvalue weighted by atomic mass is 9.85. The van der Waals surface area contributed by atoms with Gasteiger partial charge in [0.15, 0.2) is 0 Å². The van der Waals surface area contributed by atoms with Crippen LogP contribution in [0, 0.1) is 5.82 Å². The van der Waals surface area contributed by atoms with Crippen LogP contribution in [0.1, 0.15) is 40.2 Å². The van der Waals surface area contributed by atoms with Gasteiger partial charge in [-0.1, -0.05) is 19.9 Å². The summed E-state index contributed by atoms with van der Waals surface area (Å²) >= 11 is 0. The van der Waals surface area contributed by atoms with Crippen molar-refractivity contribution in [1.29, 1.82) is 0 Å². The number of carbonyl (C=O) groups excluding carboxylic acids is 1. The summed E-state index contributed by atoms with van der Waals surface area (Å²) in [6, 6.07) is 4.36. The monoisotopic (exact) mass is 283 g/mol. The summed E-state index contributed by atoms with van der Waals surface area (Å²) in [6.45, 7) is 8.77. The Morgan fingerprint density at radius 3 is 2.40 bits per heavy atom. The summed E-state index contributed by atoms with van der Waals surface area (Å²) < 4.78 is 18.8. The average Bonchev–Trinajstić information content (AvgIpc) is 2.29. The molecule has 1 rings (SSSR count). The number of ether oxygens (including phenoxy) is 1. The van der Waals surface area contributed by atoms with Gasteiger partial charge in [-0.05, 0) is 38.5 Å². The third-order valence-electron chi connectivity index (χ3n) is 2.78. The topological polar surface area (TPSA) is 58.6 Å². The molecular formula is C15H22FNO3. The highest BCUT2D eigenvalue weighted by Gasteiger charge is 2.22. The van der Waals surface area contributed by atoms with E-state index in [9.17, 15) is 14.3 Å². The van der Waals surface area contributed by atoms with Crippen LogP contribution in [0.15, 0.2) is 18.2 Å². The molecular weight excluding hydrogens is 261 g/mol. The van der Waals surface area contributed by atoms with Gasteiger partial charge in [-0.15, -0.1) is 0 Å². The standard InChI is InChI=1S/C15H22FNO3/c1-14(2,3)20-13(19)17-12-8-10(6-7-11(12)16)15(4,5)9-18/h6-8,18H,9H2,1-5H3,(H,17,19). The Bertz CT molecular complexity index is 492. The van der Waals surface area contributed by atoms with Crippen LogP contribution in [0.25, 0.3) is 0 Å². The van der Waals surface area contributed by atoms with E-state index in [1.54, 1.807) is 26.8 Å². The molecule has 20 heavy (non-hydrogen) atoms. The van der Waals surface area contributed by atoms with Crippen LogP contribution < -0.4 is 5.32 Å². The average molecular weight is 283 g/mol. The molecule has 0 spiro atoms. The Hall–Kier alpha value is -1.62. The van der Waals surface area contributed by atoms with E-state index in [2.05, 4.69) is 5.32 Å². The molecule has 1 aromatic rings. The van der Waals surface area contributed by atoms with E-state index in [1.807, 2.05) is 13.8 Å². The highest BCUT2D eigenvalue weighted by molar-refractivity contribution is 5.85. The molecule has 0 heterocycles. The van der Waals surface area contributed by atoms with Gasteiger partial charge in [0.25, 0.3) is 0 Å². The van der Waals surface area contributed by atoms with Crippen LogP contribution in [-0.2, 0) is 10.2 Å². The molecule has 0 atom stereocenters. The molecule has 0 aliphatic rings. The zero-order valence-electron chi connectivity index (χ0n) is 12.6. The van der Waals surface area contributed by atoms with E-state index in [-0.39, 0.29) is 12.3 Å². The third kappa shape index (κ3) is 4.49. The summed E-state index contributed by atoms with van der Waals surface area (Å²) in [6.07, 6.45) is -0.713. The molecule has 0 saturated carbocycles. The maximum absolute atomic E-state index is 13.7. The molecule has 0 aliphatic carbocycles. The molecule has 0 radical (unpaired) electrons. The zero-order valence-corrected chi connectivity index (χ0v) is 12.6. The predicted molar refractivity (Wildman–Crippen MR) is 76.4 cm³/mol. The molecule has 0 aliphatic heterocycles. The summed E-state index contributed by atoms with van der Waals surface area (Å²) in [5.41, 5.74) is -0.397. The van der Waals surface area contributed by atoms with Crippen molar-refractivity contribution >= 4 is 11.8 Å². The van der Waals surface area contributed by atoms with E-state index in [4.69, 9.17) is 4.74 Å². The summed E-state index contributed by atoms with van der Waals surface area (Å²) in [5, 5.41) is 11.7. The number of rotatable bonds is 3. The lowest BCUT2D eigenvalue weighted by Gasteiger charge is -2.24. The summed E-state index contributed by atoms with van der Waals surface area (Å²) in [4.78, 5) is 11.7. The lowest BCUT2D eigenvalue weighted by Crippen LogP contribution is -2.28. The van der Waals surface area contributed by atoms with Crippen molar-refractivity contribution in [2.45, 2.75) is 45.6 Å². The minimum absolute atomic E-state index is 0.0401. The van der Waals surface area contributed by atoms with E-state index in [0.717, 1.165) is 5.56 Å². The van der Waals surface area contributed by atoms with Gasteiger partial charge >= 0.3 is 6.09 Å². The molecule has 0 saturated heterocycles. The predicted octanol–water partition coefficient (Wildman–Crippen LogP) is 3.44. The van der Waals surface area contributed by atoms with Crippen LogP contribution >= 0.6 is 0 Å². The van der Waals surface area contributed by atoms with E-state index < -0.39 is 22.9 Å². The van der Waals surface area contributed by atoms with E-state index in [0.29, 0.717) is 0 Å². The fraction of sp³-hybridized carbons (Fsp3) is 0.533. The maximum atomic E-state index is 13.7. The molecule has 0 bridgehead atoms. The van der Waals surface area contributed by atoms with Gasteiger partial charge in [-0.25, -0.2) is 9.18 Å². The Balaban J connectivity index is 2.96. The first kappa shape index (κ1) is 16.4. The fourth-order valence-corrected chi connectivity index (χ4v) is 1.55. The van der Waals surface area contributed by atoms with Gasteiger partial charge in [0.1, 0.15) is 11.4 Å². The number of aliphatic hydroxyl groups excluding tert-OH is 1. The number of hydrogen-bond donors (Lipinski definition) is 2. The number of aliphatic hydroxyl groups is 1. The van der Waals surface area contributed by atoms with Gasteiger partial charge in [0.05, 0.1) is 12.3 Å². The number of carbonyl (C=O) groups is 1. The maximum Gasteiger partial charge on any atom is 0.412 e. The molecule has 1 amide bonds. The Morgan fingerprint density at radius 1 is 1.30 bits per heavy atom. The highest BCUT2D eigenvalue weighted by atomic mass is 19.1. The second-order valence-corrected chi connectivity index (χ2v) is 6.36. The van der Waals surface area contributed by atoms with Crippen LogP contribution in [0.4, 0.5) is 14.9 Å². The molecule has 5 heteroatoms. The first-order valence-corrected chi connectivity index (χ1v) is 6.46. The third-order valence-corrected chi connectivity index (χ3v) is 2.78. The van der Waals surface area contributed by atoms with Gasteiger partial charge in [-0.3, -0.25) is 5.32 Å². The van der Waals surface area contributed by atoms with Crippen molar-refractivity contribution in [3.63, 3.8) is 0 Å². The minimum Gasteiger partial charge on any atom is -0.444 e. The Labute approximate surface area is 119 Å². The van der Waals surface area contributed by atoms with Crippen LogP contribution in [0.3, 0.4) is 0 Å². The molecule has 112 valence electrons. The number of nitrogens with one attached hydrogen (secondary N) is 1. The smallest absolute Gasteiger partial charge is 0.412 e. The van der Waals surface area contributed by atoms with E-state index in [1.165, 1.54) is 12.1 Å². The first-order valence-electron chi connectivity index (χ1n) is 6.46. The van der Waals surface area contributed by atoms with Crippen molar-refractivity contribution < 1.29 is 19.0 Å². The molecule has 1 aromatic carbocycles. The second kappa shape index (κ2) is 5.79. The van der Waals surface area contributed by atoms with Crippen molar-refractivity contribution in [2.24, 2.45) is 0 Å². The van der Waals surface area contributed by atoms with Gasteiger partial charge in [0.2, 0.25) is 0 Å². The van der Waals surface area contributed by atoms with Crippen LogP contribution in [-0.4, -0.2) is 23.4 Å². The number of anilines is 1. The first-order chi connectivity index (χ1) is 9.05.